The second-order valence-corrected chi connectivity index (χ2v) is 5.22. The van der Waals surface area contributed by atoms with Crippen LogP contribution in [-0.2, 0) is 11.3 Å². The number of fused-ring (bicyclic) bond motifs is 1. The molecule has 5 heteroatoms. The highest BCUT2D eigenvalue weighted by atomic mass is 16.2. The van der Waals surface area contributed by atoms with Crippen LogP contribution in [0.1, 0.15) is 35.7 Å². The Morgan fingerprint density at radius 1 is 1.50 bits per heavy atom. The van der Waals surface area contributed by atoms with Crippen LogP contribution >= 0.6 is 0 Å². The molecule has 1 aromatic carbocycles. The Labute approximate surface area is 118 Å². The van der Waals surface area contributed by atoms with Crippen LogP contribution in [0.2, 0.25) is 0 Å². The van der Waals surface area contributed by atoms with E-state index in [9.17, 15) is 9.59 Å². The first kappa shape index (κ1) is 14.1. The Hall–Kier alpha value is -2.30. The van der Waals surface area contributed by atoms with Crippen LogP contribution in [0.3, 0.4) is 0 Å². The number of primary amides is 1. The van der Waals surface area contributed by atoms with Crippen molar-refractivity contribution in [2.24, 2.45) is 5.73 Å². The summed E-state index contributed by atoms with van der Waals surface area (Å²) < 4.78 is 0. The van der Waals surface area contributed by atoms with Gasteiger partial charge in [0.1, 0.15) is 6.04 Å². The maximum absolute atomic E-state index is 12.4. The number of amides is 2. The molecule has 2 rings (SSSR count). The fourth-order valence-electron chi connectivity index (χ4n) is 2.46. The molecule has 0 saturated heterocycles. The lowest BCUT2D eigenvalue weighted by atomic mass is 10.1. The smallest absolute Gasteiger partial charge is 0.255 e. The molecule has 0 aliphatic carbocycles. The predicted molar refractivity (Wildman–Crippen MR) is 77.8 cm³/mol. The lowest BCUT2D eigenvalue weighted by Gasteiger charge is -2.25. The zero-order chi connectivity index (χ0) is 14.9. The number of allylic oxidation sites excluding steroid dienone is 1. The van der Waals surface area contributed by atoms with Crippen molar-refractivity contribution in [3.8, 4) is 0 Å². The number of benzene rings is 1. The first-order valence-electron chi connectivity index (χ1n) is 6.54. The van der Waals surface area contributed by atoms with E-state index in [1.165, 1.54) is 4.90 Å². The molecule has 1 aliphatic heterocycles. The number of nitrogen functional groups attached to an aromatic ring is 1. The van der Waals surface area contributed by atoms with Gasteiger partial charge in [0.25, 0.3) is 5.91 Å². The first-order chi connectivity index (χ1) is 9.41. The summed E-state index contributed by atoms with van der Waals surface area (Å²) in [5, 5.41) is 0. The Bertz CT molecular complexity index is 580. The summed E-state index contributed by atoms with van der Waals surface area (Å²) in [5.74, 6) is -0.677. The van der Waals surface area contributed by atoms with Crippen LogP contribution in [0.15, 0.2) is 30.4 Å². The first-order valence-corrected chi connectivity index (χ1v) is 6.54. The minimum absolute atomic E-state index is 0.183. The van der Waals surface area contributed by atoms with E-state index in [4.69, 9.17) is 11.5 Å². The van der Waals surface area contributed by atoms with Gasteiger partial charge in [-0.05, 0) is 31.9 Å². The van der Waals surface area contributed by atoms with Gasteiger partial charge in [-0.15, -0.1) is 6.58 Å². The van der Waals surface area contributed by atoms with E-state index in [1.54, 1.807) is 18.2 Å². The third-order valence-corrected chi connectivity index (χ3v) is 3.58. The highest BCUT2D eigenvalue weighted by Crippen LogP contribution is 2.30. The van der Waals surface area contributed by atoms with E-state index in [-0.39, 0.29) is 5.91 Å². The lowest BCUT2D eigenvalue weighted by Crippen LogP contribution is -2.44. The molecule has 0 aromatic heterocycles. The predicted octanol–water partition coefficient (Wildman–Crippen LogP) is 1.43. The molecule has 0 bridgehead atoms. The third kappa shape index (κ3) is 2.52. The number of nitrogens with zero attached hydrogens (tertiary/aromatic N) is 1. The van der Waals surface area contributed by atoms with Gasteiger partial charge < -0.3 is 16.4 Å². The van der Waals surface area contributed by atoms with Crippen LogP contribution in [0.25, 0.3) is 0 Å². The molecule has 4 N–H and O–H groups in total. The minimum Gasteiger partial charge on any atom is -0.398 e. The molecule has 0 fully saturated rings. The van der Waals surface area contributed by atoms with Crippen molar-refractivity contribution in [1.29, 1.82) is 0 Å². The maximum atomic E-state index is 12.4. The zero-order valence-electron chi connectivity index (χ0n) is 11.6. The van der Waals surface area contributed by atoms with Gasteiger partial charge in [0, 0.05) is 23.4 Å². The third-order valence-electron chi connectivity index (χ3n) is 3.58. The van der Waals surface area contributed by atoms with Gasteiger partial charge in [0.15, 0.2) is 0 Å². The van der Waals surface area contributed by atoms with E-state index in [0.717, 1.165) is 11.1 Å². The van der Waals surface area contributed by atoms with Crippen molar-refractivity contribution in [2.75, 3.05) is 5.73 Å². The molecule has 20 heavy (non-hydrogen) atoms. The van der Waals surface area contributed by atoms with Crippen LogP contribution in [0.4, 0.5) is 5.69 Å². The van der Waals surface area contributed by atoms with Crippen LogP contribution in [-0.4, -0.2) is 22.8 Å². The summed E-state index contributed by atoms with van der Waals surface area (Å²) in [6.45, 7) is 6.03. The summed E-state index contributed by atoms with van der Waals surface area (Å²) >= 11 is 0. The SMILES string of the molecule is C=C(C)CCC(C(N)=O)N1Cc2c(N)cccc2C1=O. The molecule has 5 nitrogen and oxygen atoms in total. The van der Waals surface area contributed by atoms with E-state index < -0.39 is 11.9 Å². The van der Waals surface area contributed by atoms with Crippen LogP contribution in [0, 0.1) is 0 Å². The van der Waals surface area contributed by atoms with Crippen molar-refractivity contribution in [2.45, 2.75) is 32.4 Å². The van der Waals surface area contributed by atoms with Crippen molar-refractivity contribution >= 4 is 17.5 Å². The summed E-state index contributed by atoms with van der Waals surface area (Å²) in [5.41, 5.74) is 14.2. The Morgan fingerprint density at radius 3 is 2.75 bits per heavy atom. The van der Waals surface area contributed by atoms with Crippen molar-refractivity contribution in [3.63, 3.8) is 0 Å². The Balaban J connectivity index is 2.25. The zero-order valence-corrected chi connectivity index (χ0v) is 11.6. The normalized spacial score (nSPS) is 15.1. The average Bonchev–Trinajstić information content (AvgIpc) is 2.69. The summed E-state index contributed by atoms with van der Waals surface area (Å²) in [4.78, 5) is 25.5. The standard InChI is InChI=1S/C15H19N3O2/c1-9(2)6-7-13(14(17)19)18-8-11-10(15(18)20)4-3-5-12(11)16/h3-5,13H,1,6-8,16H2,2H3,(H2,17,19). The molecule has 1 unspecified atom stereocenters. The Morgan fingerprint density at radius 2 is 2.20 bits per heavy atom. The lowest BCUT2D eigenvalue weighted by molar-refractivity contribution is -0.122. The van der Waals surface area contributed by atoms with Gasteiger partial charge in [-0.2, -0.15) is 0 Å². The molecule has 1 aliphatic rings. The van der Waals surface area contributed by atoms with Crippen molar-refractivity contribution < 1.29 is 9.59 Å². The number of nitrogens with two attached hydrogens (primary N) is 2. The summed E-state index contributed by atoms with van der Waals surface area (Å²) in [7, 11) is 0. The number of anilines is 1. The van der Waals surface area contributed by atoms with E-state index in [1.807, 2.05) is 6.92 Å². The monoisotopic (exact) mass is 273 g/mol. The van der Waals surface area contributed by atoms with Crippen LogP contribution < -0.4 is 11.5 Å². The van der Waals surface area contributed by atoms with Crippen LogP contribution in [0.5, 0.6) is 0 Å². The molecular formula is C15H19N3O2. The molecule has 0 spiro atoms. The molecule has 1 aromatic rings. The fourth-order valence-corrected chi connectivity index (χ4v) is 2.46. The maximum Gasteiger partial charge on any atom is 0.255 e. The topological polar surface area (TPSA) is 89.4 Å². The van der Waals surface area contributed by atoms with Gasteiger partial charge in [0.05, 0.1) is 0 Å². The second kappa shape index (κ2) is 5.36. The molecule has 1 heterocycles. The van der Waals surface area contributed by atoms with E-state index in [2.05, 4.69) is 6.58 Å². The minimum atomic E-state index is -0.619. The molecule has 0 saturated carbocycles. The van der Waals surface area contributed by atoms with Gasteiger partial charge in [0.2, 0.25) is 5.91 Å². The van der Waals surface area contributed by atoms with E-state index >= 15 is 0 Å². The molecule has 0 radical (unpaired) electrons. The number of hydrogen-bond acceptors (Lipinski definition) is 3. The van der Waals surface area contributed by atoms with E-state index in [0.29, 0.717) is 30.6 Å². The quantitative estimate of drug-likeness (QED) is 0.628. The molecule has 2 amide bonds. The molecule has 1 atom stereocenters. The van der Waals surface area contributed by atoms with Gasteiger partial charge in [-0.25, -0.2) is 0 Å². The number of hydrogen-bond donors (Lipinski definition) is 2. The average molecular weight is 273 g/mol. The van der Waals surface area contributed by atoms with Gasteiger partial charge in [-0.3, -0.25) is 9.59 Å². The van der Waals surface area contributed by atoms with Crippen molar-refractivity contribution in [3.05, 3.63) is 41.5 Å². The number of rotatable bonds is 5. The highest BCUT2D eigenvalue weighted by Gasteiger charge is 2.35. The summed E-state index contributed by atoms with van der Waals surface area (Å²) in [6.07, 6.45) is 1.15. The van der Waals surface area contributed by atoms with Gasteiger partial charge in [-0.1, -0.05) is 11.6 Å². The Kier molecular flexibility index (Phi) is 3.79. The number of carbonyl (C=O) groups is 2. The molecular weight excluding hydrogens is 254 g/mol. The van der Waals surface area contributed by atoms with Crippen molar-refractivity contribution in [1.82, 2.24) is 4.90 Å². The number of carbonyl (C=O) groups excluding carboxylic acids is 2. The largest absolute Gasteiger partial charge is 0.398 e. The highest BCUT2D eigenvalue weighted by molar-refractivity contribution is 6.02. The van der Waals surface area contributed by atoms with Gasteiger partial charge >= 0.3 is 0 Å². The molecule has 106 valence electrons. The fraction of sp³-hybridized carbons (Fsp3) is 0.333. The summed E-state index contributed by atoms with van der Waals surface area (Å²) in [6, 6.07) is 4.60. The second-order valence-electron chi connectivity index (χ2n) is 5.22.